The molecule has 3 aromatic rings. The lowest BCUT2D eigenvalue weighted by Crippen LogP contribution is -2.20. The van der Waals surface area contributed by atoms with E-state index in [9.17, 15) is 18.0 Å². The lowest BCUT2D eigenvalue weighted by atomic mass is 10.00. The number of ketones is 1. The molecule has 0 fully saturated rings. The fourth-order valence-corrected chi connectivity index (χ4v) is 3.98. The minimum atomic E-state index is -3.91. The number of ether oxygens (including phenoxy) is 1. The minimum absolute atomic E-state index is 0.0193. The molecule has 0 saturated heterocycles. The van der Waals surface area contributed by atoms with Gasteiger partial charge >= 0.3 is 5.97 Å². The van der Waals surface area contributed by atoms with Crippen molar-refractivity contribution in [2.45, 2.75) is 10.3 Å². The molecule has 0 aliphatic heterocycles. The summed E-state index contributed by atoms with van der Waals surface area (Å²) in [6.45, 7) is 0. The van der Waals surface area contributed by atoms with Crippen LogP contribution >= 0.6 is 11.3 Å². The third kappa shape index (κ3) is 4.48. The fourth-order valence-electron chi connectivity index (χ4n) is 2.40. The zero-order valence-corrected chi connectivity index (χ0v) is 15.6. The summed E-state index contributed by atoms with van der Waals surface area (Å²) in [5.74, 6) is -1.18. The molecule has 0 bridgehead atoms. The molecule has 1 unspecified atom stereocenters. The first-order valence-electron chi connectivity index (χ1n) is 7.83. The van der Waals surface area contributed by atoms with Crippen molar-refractivity contribution in [1.82, 2.24) is 0 Å². The van der Waals surface area contributed by atoms with E-state index in [1.807, 2.05) is 0 Å². The Morgan fingerprint density at radius 2 is 1.52 bits per heavy atom. The van der Waals surface area contributed by atoms with Gasteiger partial charge in [-0.25, -0.2) is 18.4 Å². The van der Waals surface area contributed by atoms with Gasteiger partial charge in [-0.05, 0) is 6.07 Å². The van der Waals surface area contributed by atoms with Gasteiger partial charge in [-0.2, -0.15) is 0 Å². The van der Waals surface area contributed by atoms with E-state index < -0.39 is 22.1 Å². The minimum Gasteiger partial charge on any atom is -0.445 e. The van der Waals surface area contributed by atoms with Crippen LogP contribution in [0.15, 0.2) is 76.3 Å². The average molecular weight is 401 g/mol. The number of Topliss-reactive ketones (excluding diaryl/α,β-unsaturated/α-hetero) is 1. The van der Waals surface area contributed by atoms with Crippen molar-refractivity contribution in [2.24, 2.45) is 5.14 Å². The van der Waals surface area contributed by atoms with Gasteiger partial charge in [0, 0.05) is 16.5 Å². The fraction of sp³-hybridized carbons (Fsp3) is 0.0526. The number of primary sulfonamides is 1. The molecule has 2 N–H and O–H groups in total. The SMILES string of the molecule is NS(=O)(=O)c1cc(C(=O)OC(C(=O)c2ccccc2)c2ccccc2)cs1. The summed E-state index contributed by atoms with van der Waals surface area (Å²) in [4.78, 5) is 25.4. The lowest BCUT2D eigenvalue weighted by Gasteiger charge is -2.17. The van der Waals surface area contributed by atoms with Crippen LogP contribution in [0.1, 0.15) is 32.4 Å². The van der Waals surface area contributed by atoms with Crippen molar-refractivity contribution in [3.05, 3.63) is 88.8 Å². The lowest BCUT2D eigenvalue weighted by molar-refractivity contribution is 0.0280. The van der Waals surface area contributed by atoms with E-state index in [0.29, 0.717) is 11.1 Å². The molecule has 27 heavy (non-hydrogen) atoms. The van der Waals surface area contributed by atoms with Crippen LogP contribution in [0.25, 0.3) is 0 Å². The zero-order chi connectivity index (χ0) is 19.4. The van der Waals surface area contributed by atoms with Crippen LogP contribution in [-0.2, 0) is 14.8 Å². The van der Waals surface area contributed by atoms with Crippen molar-refractivity contribution in [1.29, 1.82) is 0 Å². The van der Waals surface area contributed by atoms with Crippen molar-refractivity contribution in [3.63, 3.8) is 0 Å². The molecule has 1 heterocycles. The zero-order valence-electron chi connectivity index (χ0n) is 13.9. The van der Waals surface area contributed by atoms with Gasteiger partial charge in [-0.1, -0.05) is 60.7 Å². The Morgan fingerprint density at radius 1 is 0.926 bits per heavy atom. The molecule has 2 aromatic carbocycles. The van der Waals surface area contributed by atoms with E-state index in [0.717, 1.165) is 17.4 Å². The summed E-state index contributed by atoms with van der Waals surface area (Å²) in [6, 6.07) is 18.2. The topological polar surface area (TPSA) is 104 Å². The predicted molar refractivity (Wildman–Crippen MR) is 101 cm³/mol. The number of esters is 1. The van der Waals surface area contributed by atoms with Gasteiger partial charge < -0.3 is 4.74 Å². The summed E-state index contributed by atoms with van der Waals surface area (Å²) in [5.41, 5.74) is 0.933. The molecule has 0 saturated carbocycles. The molecule has 0 aliphatic rings. The summed E-state index contributed by atoms with van der Waals surface area (Å²) >= 11 is 0.814. The smallest absolute Gasteiger partial charge is 0.340 e. The highest BCUT2D eigenvalue weighted by Gasteiger charge is 2.27. The van der Waals surface area contributed by atoms with Crippen LogP contribution in [-0.4, -0.2) is 20.2 Å². The second-order valence-corrected chi connectivity index (χ2v) is 8.33. The number of hydrogen-bond donors (Lipinski definition) is 1. The molecule has 0 aliphatic carbocycles. The quantitative estimate of drug-likeness (QED) is 0.505. The third-order valence-corrected chi connectivity index (χ3v) is 6.10. The Morgan fingerprint density at radius 3 is 2.07 bits per heavy atom. The van der Waals surface area contributed by atoms with Crippen molar-refractivity contribution in [2.75, 3.05) is 0 Å². The first-order valence-corrected chi connectivity index (χ1v) is 10.3. The number of sulfonamides is 1. The van der Waals surface area contributed by atoms with Crippen molar-refractivity contribution < 1.29 is 22.7 Å². The van der Waals surface area contributed by atoms with Gasteiger partial charge in [-0.3, -0.25) is 4.79 Å². The van der Waals surface area contributed by atoms with Gasteiger partial charge in [0.05, 0.1) is 5.56 Å². The van der Waals surface area contributed by atoms with E-state index in [4.69, 9.17) is 9.88 Å². The van der Waals surface area contributed by atoms with Crippen LogP contribution in [0.5, 0.6) is 0 Å². The van der Waals surface area contributed by atoms with Gasteiger partial charge in [0.15, 0.2) is 6.10 Å². The van der Waals surface area contributed by atoms with Gasteiger partial charge in [-0.15, -0.1) is 11.3 Å². The van der Waals surface area contributed by atoms with E-state index in [2.05, 4.69) is 0 Å². The van der Waals surface area contributed by atoms with Gasteiger partial charge in [0.1, 0.15) is 4.21 Å². The number of hydrogen-bond acceptors (Lipinski definition) is 6. The highest BCUT2D eigenvalue weighted by molar-refractivity contribution is 7.91. The first kappa shape index (κ1) is 19.0. The molecule has 6 nitrogen and oxygen atoms in total. The normalized spacial score (nSPS) is 12.3. The summed E-state index contributed by atoms with van der Waals surface area (Å²) in [7, 11) is -3.91. The summed E-state index contributed by atoms with van der Waals surface area (Å²) in [6.07, 6.45) is -1.15. The second kappa shape index (κ2) is 7.83. The molecule has 8 heteroatoms. The highest BCUT2D eigenvalue weighted by Crippen LogP contribution is 2.26. The molecule has 0 spiro atoms. The number of benzene rings is 2. The molecule has 0 radical (unpaired) electrons. The first-order chi connectivity index (χ1) is 12.9. The molecule has 138 valence electrons. The van der Waals surface area contributed by atoms with E-state index >= 15 is 0 Å². The monoisotopic (exact) mass is 401 g/mol. The van der Waals surface area contributed by atoms with Crippen molar-refractivity contribution >= 4 is 33.1 Å². The largest absolute Gasteiger partial charge is 0.445 e. The molecular weight excluding hydrogens is 386 g/mol. The molecule has 0 amide bonds. The van der Waals surface area contributed by atoms with Gasteiger partial charge in [0.2, 0.25) is 15.8 Å². The predicted octanol–water partition coefficient (Wildman–Crippen LogP) is 3.18. The van der Waals surface area contributed by atoms with Crippen LogP contribution in [0.3, 0.4) is 0 Å². The van der Waals surface area contributed by atoms with Gasteiger partial charge in [0.25, 0.3) is 0 Å². The van der Waals surface area contributed by atoms with E-state index in [-0.39, 0.29) is 15.6 Å². The van der Waals surface area contributed by atoms with Crippen LogP contribution < -0.4 is 5.14 Å². The number of carbonyl (C=O) groups is 2. The summed E-state index contributed by atoms with van der Waals surface area (Å²) in [5, 5.41) is 6.39. The van der Waals surface area contributed by atoms with Crippen molar-refractivity contribution in [3.8, 4) is 0 Å². The standard InChI is InChI=1S/C19H15NO5S2/c20-27(23,24)16-11-15(12-26-16)19(22)25-18(14-9-5-2-6-10-14)17(21)13-7-3-1-4-8-13/h1-12,18H,(H2,20,23,24). The molecular formula is C19H15NO5S2. The molecule has 1 atom stereocenters. The Hall–Kier alpha value is -2.81. The Kier molecular flexibility index (Phi) is 5.50. The van der Waals surface area contributed by atoms with E-state index in [1.165, 1.54) is 5.38 Å². The van der Waals surface area contributed by atoms with Crippen LogP contribution in [0.2, 0.25) is 0 Å². The number of nitrogens with two attached hydrogens (primary N) is 1. The Labute approximate surface area is 160 Å². The number of thiophene rings is 1. The third-order valence-electron chi connectivity index (χ3n) is 3.72. The molecule has 1 aromatic heterocycles. The maximum atomic E-state index is 12.9. The van der Waals surface area contributed by atoms with Crippen LogP contribution in [0, 0.1) is 0 Å². The summed E-state index contributed by atoms with van der Waals surface area (Å²) < 4.78 is 28.1. The van der Waals surface area contributed by atoms with Crippen LogP contribution in [0.4, 0.5) is 0 Å². The maximum Gasteiger partial charge on any atom is 0.340 e. The molecule has 3 rings (SSSR count). The number of carbonyl (C=O) groups excluding carboxylic acids is 2. The highest BCUT2D eigenvalue weighted by atomic mass is 32.2. The average Bonchev–Trinajstić information content (AvgIpc) is 3.18. The Balaban J connectivity index is 1.91. The van der Waals surface area contributed by atoms with E-state index in [1.54, 1.807) is 60.7 Å². The number of rotatable bonds is 6. The second-order valence-electron chi connectivity index (χ2n) is 5.63. The maximum absolute atomic E-state index is 12.9. The Bertz CT molecular complexity index is 1060.